The SMILES string of the molecule is CCOC(=O)c1c(C)nc2n1CC(c1cn(C)c3ccc(C)cc13)c1c-2n(C)c2ccc(C)cc12. The number of fused-ring (bicyclic) bond motifs is 6. The van der Waals surface area contributed by atoms with E-state index in [0.29, 0.717) is 24.5 Å². The zero-order valence-electron chi connectivity index (χ0n) is 21.1. The maximum Gasteiger partial charge on any atom is 0.356 e. The summed E-state index contributed by atoms with van der Waals surface area (Å²) < 4.78 is 12.0. The lowest BCUT2D eigenvalue weighted by atomic mass is 9.86. The van der Waals surface area contributed by atoms with Crippen LogP contribution in [0.15, 0.2) is 42.6 Å². The largest absolute Gasteiger partial charge is 0.461 e. The molecule has 1 unspecified atom stereocenters. The molecule has 0 N–H and O–H groups in total. The van der Waals surface area contributed by atoms with Crippen LogP contribution in [0.4, 0.5) is 0 Å². The molecule has 0 spiro atoms. The second-order valence-corrected chi connectivity index (χ2v) is 9.81. The van der Waals surface area contributed by atoms with E-state index in [9.17, 15) is 4.79 Å². The summed E-state index contributed by atoms with van der Waals surface area (Å²) in [6.45, 7) is 9.00. The summed E-state index contributed by atoms with van der Waals surface area (Å²) in [4.78, 5) is 17.9. The van der Waals surface area contributed by atoms with Gasteiger partial charge in [-0.2, -0.15) is 0 Å². The van der Waals surface area contributed by atoms with Crippen LogP contribution in [0.2, 0.25) is 0 Å². The molecule has 1 aliphatic heterocycles. The van der Waals surface area contributed by atoms with E-state index in [1.165, 1.54) is 44.1 Å². The third-order valence-electron chi connectivity index (χ3n) is 7.48. The third-order valence-corrected chi connectivity index (χ3v) is 7.48. The fourth-order valence-corrected chi connectivity index (χ4v) is 5.94. The second-order valence-electron chi connectivity index (χ2n) is 9.81. The molecule has 0 aliphatic carbocycles. The normalized spacial score (nSPS) is 15.0. The highest BCUT2D eigenvalue weighted by Crippen LogP contribution is 2.47. The quantitative estimate of drug-likeness (QED) is 0.317. The lowest BCUT2D eigenvalue weighted by Crippen LogP contribution is -2.22. The molecule has 2 aromatic carbocycles. The number of ether oxygens (including phenoxy) is 1. The Morgan fingerprint density at radius 2 is 1.71 bits per heavy atom. The van der Waals surface area contributed by atoms with Crippen molar-refractivity contribution in [2.75, 3.05) is 6.61 Å². The molecule has 0 amide bonds. The number of carbonyl (C=O) groups excluding carboxylic acids is 1. The molecular formula is C29H30N4O2. The van der Waals surface area contributed by atoms with Gasteiger partial charge in [0.1, 0.15) is 0 Å². The van der Waals surface area contributed by atoms with Crippen molar-refractivity contribution < 1.29 is 9.53 Å². The van der Waals surface area contributed by atoms with Gasteiger partial charge in [-0.15, -0.1) is 0 Å². The Hall–Kier alpha value is -3.80. The third kappa shape index (κ3) is 3.02. The summed E-state index contributed by atoms with van der Waals surface area (Å²) in [5.74, 6) is 0.592. The highest BCUT2D eigenvalue weighted by Gasteiger charge is 2.37. The molecular weight excluding hydrogens is 436 g/mol. The Bertz CT molecular complexity index is 1660. The summed E-state index contributed by atoms with van der Waals surface area (Å²) in [7, 11) is 4.21. The van der Waals surface area contributed by atoms with Gasteiger partial charge in [0, 0.05) is 54.6 Å². The van der Waals surface area contributed by atoms with E-state index in [0.717, 1.165) is 11.5 Å². The molecule has 0 radical (unpaired) electrons. The summed E-state index contributed by atoms with van der Waals surface area (Å²) in [5.41, 5.74) is 9.74. The van der Waals surface area contributed by atoms with Crippen molar-refractivity contribution in [1.82, 2.24) is 18.7 Å². The van der Waals surface area contributed by atoms with Crippen LogP contribution in [0.25, 0.3) is 33.3 Å². The Labute approximate surface area is 204 Å². The van der Waals surface area contributed by atoms with Gasteiger partial charge in [-0.3, -0.25) is 0 Å². The second kappa shape index (κ2) is 7.60. The molecule has 0 saturated heterocycles. The van der Waals surface area contributed by atoms with E-state index < -0.39 is 0 Å². The van der Waals surface area contributed by atoms with Crippen LogP contribution in [0, 0.1) is 20.8 Å². The van der Waals surface area contributed by atoms with Crippen molar-refractivity contribution in [3.05, 3.63) is 76.2 Å². The van der Waals surface area contributed by atoms with Crippen molar-refractivity contribution in [1.29, 1.82) is 0 Å². The number of carbonyl (C=O) groups is 1. The summed E-state index contributed by atoms with van der Waals surface area (Å²) in [6, 6.07) is 13.3. The smallest absolute Gasteiger partial charge is 0.356 e. The lowest BCUT2D eigenvalue weighted by molar-refractivity contribution is 0.0512. The van der Waals surface area contributed by atoms with Crippen LogP contribution in [0.5, 0.6) is 0 Å². The molecule has 6 heteroatoms. The summed E-state index contributed by atoms with van der Waals surface area (Å²) >= 11 is 0. The Morgan fingerprint density at radius 3 is 2.43 bits per heavy atom. The van der Waals surface area contributed by atoms with Crippen molar-refractivity contribution in [3.63, 3.8) is 0 Å². The zero-order chi connectivity index (χ0) is 24.6. The van der Waals surface area contributed by atoms with Crippen LogP contribution >= 0.6 is 0 Å². The lowest BCUT2D eigenvalue weighted by Gasteiger charge is -2.27. The summed E-state index contributed by atoms with van der Waals surface area (Å²) in [5, 5.41) is 2.51. The topological polar surface area (TPSA) is 54.0 Å². The Morgan fingerprint density at radius 1 is 1.03 bits per heavy atom. The zero-order valence-corrected chi connectivity index (χ0v) is 21.1. The minimum atomic E-state index is -0.311. The number of imidazole rings is 1. The standard InChI is InChI=1S/C29H30N4O2/c1-7-35-29(34)26-18(4)30-28-27-25(20-13-17(3)9-11-24(20)32(27)6)22(15-33(26)28)21-14-31(5)23-10-8-16(2)12-19(21)23/h8-14,22H,7,15H2,1-6H3. The van der Waals surface area contributed by atoms with Gasteiger partial charge in [0.05, 0.1) is 18.0 Å². The van der Waals surface area contributed by atoms with Gasteiger partial charge in [-0.25, -0.2) is 9.78 Å². The number of hydrogen-bond acceptors (Lipinski definition) is 3. The summed E-state index contributed by atoms with van der Waals surface area (Å²) in [6.07, 6.45) is 2.26. The minimum absolute atomic E-state index is 0.0651. The number of hydrogen-bond donors (Lipinski definition) is 0. The molecule has 6 nitrogen and oxygen atoms in total. The van der Waals surface area contributed by atoms with Gasteiger partial charge >= 0.3 is 5.97 Å². The van der Waals surface area contributed by atoms with Gasteiger partial charge in [0.15, 0.2) is 11.5 Å². The van der Waals surface area contributed by atoms with Crippen LogP contribution in [-0.2, 0) is 25.4 Å². The van der Waals surface area contributed by atoms with Gasteiger partial charge in [-0.1, -0.05) is 23.3 Å². The molecule has 1 aliphatic rings. The first-order valence-corrected chi connectivity index (χ1v) is 12.2. The number of aromatic nitrogens is 4. The van der Waals surface area contributed by atoms with E-state index in [2.05, 4.69) is 84.2 Å². The van der Waals surface area contributed by atoms with E-state index >= 15 is 0 Å². The molecule has 4 heterocycles. The predicted octanol–water partition coefficient (Wildman–Crippen LogP) is 5.78. The van der Waals surface area contributed by atoms with Crippen LogP contribution in [-0.4, -0.2) is 31.3 Å². The molecule has 35 heavy (non-hydrogen) atoms. The number of nitrogens with zero attached hydrogens (tertiary/aromatic N) is 4. The Balaban J connectivity index is 1.71. The fourth-order valence-electron chi connectivity index (χ4n) is 5.94. The first kappa shape index (κ1) is 21.7. The minimum Gasteiger partial charge on any atom is -0.461 e. The molecule has 0 saturated carbocycles. The number of aryl methyl sites for hydroxylation is 5. The maximum absolute atomic E-state index is 13.0. The van der Waals surface area contributed by atoms with Crippen LogP contribution < -0.4 is 0 Å². The van der Waals surface area contributed by atoms with Crippen molar-refractivity contribution in [3.8, 4) is 11.5 Å². The highest BCUT2D eigenvalue weighted by molar-refractivity contribution is 5.96. The van der Waals surface area contributed by atoms with Gasteiger partial charge in [-0.05, 0) is 63.1 Å². The molecule has 3 aromatic heterocycles. The van der Waals surface area contributed by atoms with Crippen molar-refractivity contribution in [2.24, 2.45) is 14.1 Å². The van der Waals surface area contributed by atoms with Crippen LogP contribution in [0.3, 0.4) is 0 Å². The van der Waals surface area contributed by atoms with E-state index in [4.69, 9.17) is 9.72 Å². The van der Waals surface area contributed by atoms with Gasteiger partial charge < -0.3 is 18.4 Å². The number of rotatable bonds is 3. The molecule has 5 aromatic rings. The molecule has 178 valence electrons. The number of esters is 1. The number of benzene rings is 2. The first-order chi connectivity index (χ1) is 16.8. The van der Waals surface area contributed by atoms with Crippen molar-refractivity contribution >= 4 is 27.8 Å². The Kier molecular flexibility index (Phi) is 4.72. The monoisotopic (exact) mass is 466 g/mol. The first-order valence-electron chi connectivity index (χ1n) is 12.2. The van der Waals surface area contributed by atoms with E-state index in [-0.39, 0.29) is 11.9 Å². The van der Waals surface area contributed by atoms with E-state index in [1.807, 2.05) is 13.8 Å². The molecule has 0 fully saturated rings. The fraction of sp³-hybridized carbons (Fsp3) is 0.310. The molecule has 0 bridgehead atoms. The van der Waals surface area contributed by atoms with E-state index in [1.54, 1.807) is 0 Å². The average molecular weight is 467 g/mol. The van der Waals surface area contributed by atoms with Crippen molar-refractivity contribution in [2.45, 2.75) is 40.2 Å². The molecule has 1 atom stereocenters. The highest BCUT2D eigenvalue weighted by atomic mass is 16.5. The van der Waals surface area contributed by atoms with Crippen LogP contribution in [0.1, 0.15) is 51.3 Å². The maximum atomic E-state index is 13.0. The molecule has 6 rings (SSSR count). The van der Waals surface area contributed by atoms with Gasteiger partial charge in [0.25, 0.3) is 0 Å². The van der Waals surface area contributed by atoms with Gasteiger partial charge in [0.2, 0.25) is 0 Å². The average Bonchev–Trinajstić information content (AvgIpc) is 3.42. The predicted molar refractivity (Wildman–Crippen MR) is 139 cm³/mol.